The summed E-state index contributed by atoms with van der Waals surface area (Å²) in [6, 6.07) is 3.73. The van der Waals surface area contributed by atoms with Crippen LogP contribution in [0, 0.1) is 24.1 Å². The Kier molecular flexibility index (Phi) is 4.01. The lowest BCUT2D eigenvalue weighted by Crippen LogP contribution is -2.29. The van der Waals surface area contributed by atoms with Gasteiger partial charge < -0.3 is 9.64 Å². The third-order valence-corrected chi connectivity index (χ3v) is 4.82. The number of ether oxygens (including phenoxy) is 1. The number of halogens is 1. The second-order valence-corrected chi connectivity index (χ2v) is 6.14. The molecule has 0 saturated heterocycles. The molecule has 1 amide bonds. The molecule has 0 radical (unpaired) electrons. The summed E-state index contributed by atoms with van der Waals surface area (Å²) in [6.07, 6.45) is 0.528. The number of nitriles is 1. The van der Waals surface area contributed by atoms with Crippen molar-refractivity contribution in [1.82, 2.24) is 9.88 Å². The molecule has 118 valence electrons. The smallest absolute Gasteiger partial charge is 0.259 e. The van der Waals surface area contributed by atoms with E-state index in [9.17, 15) is 14.4 Å². The first-order chi connectivity index (χ1) is 11.1. The summed E-state index contributed by atoms with van der Waals surface area (Å²) in [4.78, 5) is 18.4. The molecule has 3 rings (SSSR count). The van der Waals surface area contributed by atoms with Gasteiger partial charge in [-0.25, -0.2) is 9.37 Å². The van der Waals surface area contributed by atoms with Crippen molar-refractivity contribution in [1.29, 1.82) is 5.26 Å². The van der Waals surface area contributed by atoms with Crippen molar-refractivity contribution >= 4 is 17.2 Å². The van der Waals surface area contributed by atoms with Crippen molar-refractivity contribution < 1.29 is 13.9 Å². The molecule has 7 heteroatoms. The summed E-state index contributed by atoms with van der Waals surface area (Å²) in [7, 11) is 1.42. The number of aromatic nitrogens is 1. The molecule has 2 aromatic rings. The normalized spacial score (nSPS) is 16.3. The molecule has 1 aromatic heterocycles. The lowest BCUT2D eigenvalue weighted by Gasteiger charge is -2.19. The van der Waals surface area contributed by atoms with E-state index in [-0.39, 0.29) is 17.0 Å². The minimum absolute atomic E-state index is 0.104. The number of carbonyl (C=O) groups is 1. The molecule has 1 aliphatic rings. The number of methoxy groups -OCH3 is 1. The molecule has 1 aliphatic heterocycles. The van der Waals surface area contributed by atoms with Gasteiger partial charge in [0.2, 0.25) is 0 Å². The van der Waals surface area contributed by atoms with Gasteiger partial charge >= 0.3 is 0 Å². The van der Waals surface area contributed by atoms with Gasteiger partial charge in [0.1, 0.15) is 17.6 Å². The molecule has 1 unspecified atom stereocenters. The van der Waals surface area contributed by atoms with Crippen LogP contribution in [-0.4, -0.2) is 29.4 Å². The van der Waals surface area contributed by atoms with Gasteiger partial charge in [0.15, 0.2) is 0 Å². The third kappa shape index (κ3) is 2.55. The average Bonchev–Trinajstić information content (AvgIpc) is 3.08. The van der Waals surface area contributed by atoms with E-state index in [1.54, 1.807) is 0 Å². The Labute approximate surface area is 136 Å². The monoisotopic (exact) mass is 331 g/mol. The fourth-order valence-electron chi connectivity index (χ4n) is 2.75. The zero-order valence-corrected chi connectivity index (χ0v) is 13.5. The molecule has 0 saturated carbocycles. The van der Waals surface area contributed by atoms with Crippen LogP contribution >= 0.6 is 11.3 Å². The zero-order chi connectivity index (χ0) is 16.6. The third-order valence-electron chi connectivity index (χ3n) is 3.79. The number of rotatable bonds is 4. The number of aryl methyl sites for hydroxylation is 1. The van der Waals surface area contributed by atoms with Gasteiger partial charge in [-0.1, -0.05) is 0 Å². The van der Waals surface area contributed by atoms with Gasteiger partial charge in [0.25, 0.3) is 5.91 Å². The van der Waals surface area contributed by atoms with Crippen molar-refractivity contribution in [2.24, 2.45) is 0 Å². The van der Waals surface area contributed by atoms with Gasteiger partial charge in [-0.05, 0) is 19.1 Å². The SMILES string of the molecule is COc1ccc(F)c2c1C(=O)N(CCc1nc(C)cs1)C2C#N. The topological polar surface area (TPSA) is 66.2 Å². The van der Waals surface area contributed by atoms with E-state index < -0.39 is 11.9 Å². The number of amides is 1. The number of hydrogen-bond acceptors (Lipinski definition) is 5. The highest BCUT2D eigenvalue weighted by Crippen LogP contribution is 2.40. The van der Waals surface area contributed by atoms with E-state index in [2.05, 4.69) is 4.98 Å². The maximum atomic E-state index is 14.2. The highest BCUT2D eigenvalue weighted by Gasteiger charge is 2.41. The predicted molar refractivity (Wildman–Crippen MR) is 82.9 cm³/mol. The van der Waals surface area contributed by atoms with Gasteiger partial charge in [0.05, 0.1) is 23.8 Å². The quantitative estimate of drug-likeness (QED) is 0.864. The largest absolute Gasteiger partial charge is 0.496 e. The van der Waals surface area contributed by atoms with E-state index in [0.29, 0.717) is 18.7 Å². The molecule has 0 aliphatic carbocycles. The molecule has 0 fully saturated rings. The lowest BCUT2D eigenvalue weighted by atomic mass is 10.0. The van der Waals surface area contributed by atoms with Gasteiger partial charge in [-0.2, -0.15) is 5.26 Å². The molecule has 0 spiro atoms. The van der Waals surface area contributed by atoms with Crippen LogP contribution in [0.2, 0.25) is 0 Å². The van der Waals surface area contributed by atoms with Crippen LogP contribution in [0.3, 0.4) is 0 Å². The van der Waals surface area contributed by atoms with Crippen LogP contribution in [0.25, 0.3) is 0 Å². The fourth-order valence-corrected chi connectivity index (χ4v) is 3.51. The maximum Gasteiger partial charge on any atom is 0.259 e. The Balaban J connectivity index is 1.92. The summed E-state index contributed by atoms with van der Waals surface area (Å²) in [5.41, 5.74) is 1.17. The highest BCUT2D eigenvalue weighted by molar-refractivity contribution is 7.09. The summed E-state index contributed by atoms with van der Waals surface area (Å²) in [5.74, 6) is -0.649. The average molecular weight is 331 g/mol. The Hall–Kier alpha value is -2.46. The van der Waals surface area contributed by atoms with Crippen molar-refractivity contribution in [3.63, 3.8) is 0 Å². The number of hydrogen-bond donors (Lipinski definition) is 0. The van der Waals surface area contributed by atoms with E-state index in [4.69, 9.17) is 4.74 Å². The summed E-state index contributed by atoms with van der Waals surface area (Å²) < 4.78 is 19.3. The van der Waals surface area contributed by atoms with Gasteiger partial charge in [-0.3, -0.25) is 4.79 Å². The van der Waals surface area contributed by atoms with E-state index in [1.807, 2.05) is 18.4 Å². The van der Waals surface area contributed by atoms with E-state index in [0.717, 1.165) is 10.7 Å². The van der Waals surface area contributed by atoms with Crippen molar-refractivity contribution in [3.8, 4) is 11.8 Å². The molecule has 0 N–H and O–H groups in total. The van der Waals surface area contributed by atoms with Gasteiger partial charge in [0, 0.05) is 29.6 Å². The van der Waals surface area contributed by atoms with Crippen LogP contribution in [0.5, 0.6) is 5.75 Å². The Morgan fingerprint density at radius 2 is 2.30 bits per heavy atom. The summed E-state index contributed by atoms with van der Waals surface area (Å²) in [6.45, 7) is 2.20. The van der Waals surface area contributed by atoms with Crippen LogP contribution in [-0.2, 0) is 6.42 Å². The number of benzene rings is 1. The van der Waals surface area contributed by atoms with E-state index >= 15 is 0 Å². The first-order valence-corrected chi connectivity index (χ1v) is 7.92. The second kappa shape index (κ2) is 5.97. The van der Waals surface area contributed by atoms with Gasteiger partial charge in [-0.15, -0.1) is 11.3 Å². The molecule has 2 heterocycles. The molecule has 5 nitrogen and oxygen atoms in total. The minimum Gasteiger partial charge on any atom is -0.496 e. The molecule has 1 aromatic carbocycles. The van der Waals surface area contributed by atoms with Crippen LogP contribution in [0.4, 0.5) is 4.39 Å². The van der Waals surface area contributed by atoms with Crippen molar-refractivity contribution in [3.05, 3.63) is 45.2 Å². The number of fused-ring (bicyclic) bond motifs is 1. The minimum atomic E-state index is -0.936. The lowest BCUT2D eigenvalue weighted by molar-refractivity contribution is 0.0757. The molecule has 0 bridgehead atoms. The standard InChI is InChI=1S/C16H14FN3O2S/c1-9-8-23-13(19-9)5-6-20-11(7-18)14-10(17)3-4-12(22-2)15(14)16(20)21/h3-4,8,11H,5-6H2,1-2H3. The number of carbonyl (C=O) groups excluding carboxylic acids is 1. The first kappa shape index (κ1) is 15.4. The van der Waals surface area contributed by atoms with Crippen molar-refractivity contribution in [2.75, 3.05) is 13.7 Å². The number of nitrogens with zero attached hydrogens (tertiary/aromatic N) is 3. The summed E-state index contributed by atoms with van der Waals surface area (Å²) >= 11 is 1.51. The zero-order valence-electron chi connectivity index (χ0n) is 12.7. The molecular formula is C16H14FN3O2S. The van der Waals surface area contributed by atoms with Crippen LogP contribution < -0.4 is 4.74 Å². The second-order valence-electron chi connectivity index (χ2n) is 5.20. The fraction of sp³-hybridized carbons (Fsp3) is 0.312. The number of thiazole rings is 1. The highest BCUT2D eigenvalue weighted by atomic mass is 32.1. The van der Waals surface area contributed by atoms with Crippen molar-refractivity contribution in [2.45, 2.75) is 19.4 Å². The Bertz CT molecular complexity index is 812. The van der Waals surface area contributed by atoms with Crippen LogP contribution in [0.15, 0.2) is 17.5 Å². The predicted octanol–water partition coefficient (Wildman–Crippen LogP) is 2.86. The Morgan fingerprint density at radius 3 is 2.91 bits per heavy atom. The first-order valence-electron chi connectivity index (χ1n) is 7.04. The Morgan fingerprint density at radius 1 is 1.52 bits per heavy atom. The maximum absolute atomic E-state index is 14.2. The summed E-state index contributed by atoms with van der Waals surface area (Å²) in [5, 5.41) is 12.2. The molecular weight excluding hydrogens is 317 g/mol. The van der Waals surface area contributed by atoms with Crippen LogP contribution in [0.1, 0.15) is 32.7 Å². The van der Waals surface area contributed by atoms with E-state index in [1.165, 1.54) is 35.5 Å². The molecule has 23 heavy (non-hydrogen) atoms. The molecule has 1 atom stereocenters.